The summed E-state index contributed by atoms with van der Waals surface area (Å²) in [6.07, 6.45) is 1.45. The summed E-state index contributed by atoms with van der Waals surface area (Å²) in [7, 11) is -3.56. The summed E-state index contributed by atoms with van der Waals surface area (Å²) < 4.78 is 37.3. The van der Waals surface area contributed by atoms with Crippen molar-refractivity contribution >= 4 is 54.6 Å². The molecule has 3 amide bonds. The predicted octanol–water partition coefficient (Wildman–Crippen LogP) is 7.93. The maximum absolute atomic E-state index is 17.0. The largest absolute Gasteiger partial charge is 0.482 e. The Morgan fingerprint density at radius 1 is 0.797 bits per heavy atom. The second-order valence-electron chi connectivity index (χ2n) is 17.3. The number of benzene rings is 5. The number of halogens is 1. The Hall–Kier alpha value is -6.68. The zero-order valence-electron chi connectivity index (χ0n) is 35.6. The van der Waals surface area contributed by atoms with Crippen LogP contribution in [0, 0.1) is 5.92 Å². The minimum absolute atomic E-state index is 0.110. The van der Waals surface area contributed by atoms with E-state index in [1.165, 1.54) is 0 Å². The van der Waals surface area contributed by atoms with E-state index in [2.05, 4.69) is 10.3 Å². The first kappa shape index (κ1) is 41.3. The van der Waals surface area contributed by atoms with E-state index in [9.17, 15) is 14.7 Å². The Morgan fingerprint density at radius 2 is 1.44 bits per heavy atom. The molecule has 5 atom stereocenters. The molecule has 0 bridgehead atoms. The second-order valence-corrected chi connectivity index (χ2v) is 21.1. The molecular formula is C49H47FN6O7Si. The second kappa shape index (κ2) is 16.1. The number of nitrogens with zero attached hydrogens (tertiary/aromatic N) is 6. The van der Waals surface area contributed by atoms with Crippen molar-refractivity contribution in [2.24, 2.45) is 5.92 Å². The summed E-state index contributed by atoms with van der Waals surface area (Å²) in [5.41, 5.74) is 3.55. The van der Waals surface area contributed by atoms with Crippen molar-refractivity contribution in [1.29, 1.82) is 0 Å². The van der Waals surface area contributed by atoms with E-state index < -0.39 is 31.6 Å². The molecule has 1 aromatic heterocycles. The smallest absolute Gasteiger partial charge is 0.269 e. The summed E-state index contributed by atoms with van der Waals surface area (Å²) in [4.78, 5) is 47.4. The lowest BCUT2D eigenvalue weighted by atomic mass is 9.82. The number of anilines is 5. The number of carbonyl (C=O) groups is 3. The molecule has 1 saturated heterocycles. The normalized spacial score (nSPS) is 22.0. The van der Waals surface area contributed by atoms with Gasteiger partial charge in [-0.2, -0.15) is 0 Å². The van der Waals surface area contributed by atoms with Crippen molar-refractivity contribution in [3.8, 4) is 11.5 Å². The number of hydrogen-bond donors (Lipinski definition) is 1. The third-order valence-electron chi connectivity index (χ3n) is 13.1. The average Bonchev–Trinajstić information content (AvgIpc) is 3.96. The van der Waals surface area contributed by atoms with Gasteiger partial charge in [-0.05, 0) is 85.2 Å². The molecule has 1 spiro atoms. The topological polar surface area (TPSA) is 140 Å². The molecule has 5 heterocycles. The Balaban J connectivity index is 1.02. The van der Waals surface area contributed by atoms with Crippen molar-refractivity contribution in [3.05, 3.63) is 150 Å². The summed E-state index contributed by atoms with van der Waals surface area (Å²) in [6, 6.07) is 37.3. The first-order valence-electron chi connectivity index (χ1n) is 21.5. The molecule has 64 heavy (non-hydrogen) atoms. The van der Waals surface area contributed by atoms with Crippen LogP contribution in [-0.4, -0.2) is 72.2 Å². The van der Waals surface area contributed by atoms with Crippen molar-refractivity contribution in [1.82, 2.24) is 15.0 Å². The number of para-hydroxylation sites is 4. The van der Waals surface area contributed by atoms with Crippen molar-refractivity contribution in [2.75, 3.05) is 34.5 Å². The summed E-state index contributed by atoms with van der Waals surface area (Å²) in [5.74, 6) is -0.661. The van der Waals surface area contributed by atoms with Gasteiger partial charge in [-0.3, -0.25) is 28.9 Å². The van der Waals surface area contributed by atoms with Crippen molar-refractivity contribution in [2.45, 2.75) is 62.7 Å². The van der Waals surface area contributed by atoms with Crippen LogP contribution in [0.4, 0.5) is 32.5 Å². The molecule has 5 aromatic carbocycles. The molecule has 15 heteroatoms. The van der Waals surface area contributed by atoms with Crippen LogP contribution >= 0.6 is 0 Å². The molecular weight excluding hydrogens is 832 g/mol. The molecule has 0 aliphatic carbocycles. The van der Waals surface area contributed by atoms with Gasteiger partial charge in [0, 0.05) is 41.1 Å². The van der Waals surface area contributed by atoms with Gasteiger partial charge < -0.3 is 28.3 Å². The van der Waals surface area contributed by atoms with E-state index >= 15 is 8.90 Å². The first-order valence-corrected chi connectivity index (χ1v) is 24.5. The molecule has 13 nitrogen and oxygen atoms in total. The summed E-state index contributed by atoms with van der Waals surface area (Å²) in [5, 5.41) is 19.1. The maximum Gasteiger partial charge on any atom is 0.269 e. The number of hydrogen-bond acceptors (Lipinski definition) is 9. The van der Waals surface area contributed by atoms with E-state index in [-0.39, 0.29) is 50.0 Å². The Labute approximate surface area is 370 Å². The van der Waals surface area contributed by atoms with E-state index in [1.807, 2.05) is 122 Å². The molecule has 1 fully saturated rings. The van der Waals surface area contributed by atoms with E-state index in [0.29, 0.717) is 64.2 Å². The molecule has 0 radical (unpaired) electrons. The van der Waals surface area contributed by atoms with Crippen LogP contribution in [0.15, 0.2) is 128 Å². The molecule has 10 rings (SSSR count). The highest BCUT2D eigenvalue weighted by Gasteiger charge is 2.66. The van der Waals surface area contributed by atoms with Crippen molar-refractivity contribution in [3.63, 3.8) is 0 Å². The lowest BCUT2D eigenvalue weighted by molar-refractivity contribution is -0.146. The number of rotatable bonds is 11. The molecule has 4 aliphatic heterocycles. The van der Waals surface area contributed by atoms with Gasteiger partial charge >= 0.3 is 0 Å². The number of ether oxygens (including phenoxy) is 3. The first-order chi connectivity index (χ1) is 31.0. The fourth-order valence-corrected chi connectivity index (χ4v) is 12.8. The van der Waals surface area contributed by atoms with E-state index in [1.54, 1.807) is 44.7 Å². The maximum atomic E-state index is 17.0. The van der Waals surface area contributed by atoms with Crippen LogP contribution in [0.25, 0.3) is 0 Å². The van der Waals surface area contributed by atoms with Crippen LogP contribution in [0.3, 0.4) is 0 Å². The fourth-order valence-electron chi connectivity index (χ4n) is 10.2. The third kappa shape index (κ3) is 6.94. The van der Waals surface area contributed by atoms with Crippen LogP contribution in [0.1, 0.15) is 41.6 Å². The van der Waals surface area contributed by atoms with Gasteiger partial charge in [0.2, 0.25) is 8.41 Å². The highest BCUT2D eigenvalue weighted by atomic mass is 28.4. The standard InChI is InChI=1S/C49H47FN6O7Si/c1-31-47(64(2,3)50)44(22-23-53-27-38(51-52-53)36(28-57)33-13-5-4-6-14-33)63-49(31)37-25-35(56-41-17-8-10-19-43(41)62-30-46(56)59)20-21-39(37)54(48(49)60)26-32-12-11-15-34(24-32)55-40-16-7-9-18-42(40)61-29-45(55)58/h4-21,24-25,27,31,36,44,47,57H,22-23,26,28-30H2,1-3H3/t31-,36?,44+,47-,49+/m0/s1. The highest BCUT2D eigenvalue weighted by Crippen LogP contribution is 2.61. The Kier molecular flexibility index (Phi) is 10.4. The number of aryl methyl sites for hydroxylation is 1. The summed E-state index contributed by atoms with van der Waals surface area (Å²) in [6.45, 7) is 5.27. The van der Waals surface area contributed by atoms with Gasteiger partial charge in [-0.25, -0.2) is 0 Å². The van der Waals surface area contributed by atoms with E-state index in [0.717, 1.165) is 11.1 Å². The average molecular weight is 879 g/mol. The summed E-state index contributed by atoms with van der Waals surface area (Å²) >= 11 is 0. The molecule has 6 aromatic rings. The highest BCUT2D eigenvalue weighted by molar-refractivity contribution is 6.72. The van der Waals surface area contributed by atoms with E-state index in [4.69, 9.17) is 14.2 Å². The number of fused-ring (bicyclic) bond motifs is 4. The predicted molar refractivity (Wildman–Crippen MR) is 240 cm³/mol. The lowest BCUT2D eigenvalue weighted by Crippen LogP contribution is -2.45. The van der Waals surface area contributed by atoms with Crippen LogP contribution < -0.4 is 24.2 Å². The minimum atomic E-state index is -3.56. The van der Waals surface area contributed by atoms with Crippen LogP contribution in [0.2, 0.25) is 18.6 Å². The Morgan fingerprint density at radius 3 is 2.09 bits per heavy atom. The van der Waals surface area contributed by atoms with Gasteiger partial charge in [0.05, 0.1) is 47.9 Å². The van der Waals surface area contributed by atoms with Gasteiger partial charge in [0.15, 0.2) is 18.8 Å². The molecule has 326 valence electrons. The van der Waals surface area contributed by atoms with Gasteiger partial charge in [-0.1, -0.05) is 78.9 Å². The SMILES string of the molecule is C[C@H]1[C@H]([Si](C)(C)F)[C@@H](CCn2cc(C(CO)c3ccccc3)nn2)O[C@]12C(=O)N(Cc1cccc(N3C(=O)COc4ccccc43)c1)c1ccc(N3C(=O)COc4ccccc43)cc12. The monoisotopic (exact) mass is 878 g/mol. The number of aromatic nitrogens is 3. The number of aliphatic hydroxyl groups excluding tert-OH is 1. The molecule has 0 saturated carbocycles. The van der Waals surface area contributed by atoms with Gasteiger partial charge in [-0.15, -0.1) is 5.10 Å². The number of carbonyl (C=O) groups excluding carboxylic acids is 3. The Bertz CT molecular complexity index is 2780. The lowest BCUT2D eigenvalue weighted by Gasteiger charge is -2.32. The van der Waals surface area contributed by atoms with Crippen LogP contribution in [-0.2, 0) is 37.8 Å². The third-order valence-corrected chi connectivity index (χ3v) is 15.5. The van der Waals surface area contributed by atoms with Gasteiger partial charge in [0.25, 0.3) is 17.7 Å². The molecule has 4 aliphatic rings. The number of amides is 3. The van der Waals surface area contributed by atoms with Gasteiger partial charge in [0.1, 0.15) is 11.5 Å². The van der Waals surface area contributed by atoms with Crippen LogP contribution in [0.5, 0.6) is 11.5 Å². The zero-order valence-corrected chi connectivity index (χ0v) is 36.6. The quantitative estimate of drug-likeness (QED) is 0.102. The minimum Gasteiger partial charge on any atom is -0.482 e. The fraction of sp³-hybridized carbons (Fsp3) is 0.286. The zero-order chi connectivity index (χ0) is 44.3. The van der Waals surface area contributed by atoms with Crippen molar-refractivity contribution < 1.29 is 37.8 Å². The molecule has 1 N–H and O–H groups in total. The molecule has 1 unspecified atom stereocenters. The number of aliphatic hydroxyl groups is 1.